The molecule has 0 spiro atoms. The molecule has 1 aromatic rings. The molecule has 2 fully saturated rings. The smallest absolute Gasteiger partial charge is 0.414 e. The average molecular weight is 364 g/mol. The van der Waals surface area contributed by atoms with E-state index in [4.69, 9.17) is 29.3 Å². The number of ether oxygens (including phenoxy) is 2. The fourth-order valence-corrected chi connectivity index (χ4v) is 2.67. The standard InChI is InChI=1S/C16H22N2O2.C2H2O4/c1(13-3-6-17-10-13)2-14-9-16(12-18-11-14)20-15-4-7-19-8-5-15;3-1(4)2(5)6/h1-2,9,11-13,15,17H,3-8,10H2;(H,3,4)(H,5,6)/b2-1+;. The first-order valence-electron chi connectivity index (χ1n) is 8.59. The van der Waals surface area contributed by atoms with Gasteiger partial charge in [0.25, 0.3) is 0 Å². The molecule has 0 saturated carbocycles. The summed E-state index contributed by atoms with van der Waals surface area (Å²) in [5.74, 6) is -2.14. The Morgan fingerprint density at radius 2 is 1.92 bits per heavy atom. The van der Waals surface area contributed by atoms with Crippen LogP contribution in [-0.2, 0) is 14.3 Å². The molecule has 1 aromatic heterocycles. The Balaban J connectivity index is 0.000000352. The molecule has 2 aliphatic heterocycles. The van der Waals surface area contributed by atoms with Crippen LogP contribution in [0.2, 0.25) is 0 Å². The van der Waals surface area contributed by atoms with Gasteiger partial charge in [-0.3, -0.25) is 4.98 Å². The molecule has 2 saturated heterocycles. The van der Waals surface area contributed by atoms with E-state index >= 15 is 0 Å². The van der Waals surface area contributed by atoms with Gasteiger partial charge < -0.3 is 25.0 Å². The van der Waals surface area contributed by atoms with E-state index in [9.17, 15) is 0 Å². The van der Waals surface area contributed by atoms with Crippen molar-refractivity contribution >= 4 is 18.0 Å². The lowest BCUT2D eigenvalue weighted by Gasteiger charge is -2.23. The van der Waals surface area contributed by atoms with Crippen LogP contribution in [0, 0.1) is 5.92 Å². The van der Waals surface area contributed by atoms with Crippen LogP contribution in [0.25, 0.3) is 6.08 Å². The van der Waals surface area contributed by atoms with Gasteiger partial charge in [0.15, 0.2) is 0 Å². The van der Waals surface area contributed by atoms with Gasteiger partial charge >= 0.3 is 11.9 Å². The third kappa shape index (κ3) is 7.20. The molecular formula is C18H24N2O6. The average Bonchev–Trinajstić information content (AvgIpc) is 3.15. The van der Waals surface area contributed by atoms with Crippen molar-refractivity contribution in [3.63, 3.8) is 0 Å². The van der Waals surface area contributed by atoms with Gasteiger partial charge in [0, 0.05) is 25.6 Å². The monoisotopic (exact) mass is 364 g/mol. The summed E-state index contributed by atoms with van der Waals surface area (Å²) in [7, 11) is 0. The summed E-state index contributed by atoms with van der Waals surface area (Å²) in [6, 6.07) is 2.07. The number of hydrogen-bond donors (Lipinski definition) is 3. The summed E-state index contributed by atoms with van der Waals surface area (Å²) in [5.41, 5.74) is 1.11. The first-order valence-corrected chi connectivity index (χ1v) is 8.59. The SMILES string of the molecule is C(=C\C1CCNC1)/c1cncc(OC2CCOCC2)c1.O=C(O)C(=O)O. The molecule has 142 valence electrons. The predicted molar refractivity (Wildman–Crippen MR) is 94.0 cm³/mol. The van der Waals surface area contributed by atoms with Crippen molar-refractivity contribution in [2.45, 2.75) is 25.4 Å². The van der Waals surface area contributed by atoms with Crippen molar-refractivity contribution < 1.29 is 29.3 Å². The summed E-state index contributed by atoms with van der Waals surface area (Å²) in [6.07, 6.45) is 11.5. The van der Waals surface area contributed by atoms with Crippen molar-refractivity contribution in [3.05, 3.63) is 30.1 Å². The zero-order valence-corrected chi connectivity index (χ0v) is 14.5. The number of aromatic nitrogens is 1. The molecule has 3 rings (SSSR count). The molecule has 8 heteroatoms. The summed E-state index contributed by atoms with van der Waals surface area (Å²) in [5, 5.41) is 18.2. The number of carboxylic acids is 2. The highest BCUT2D eigenvalue weighted by molar-refractivity contribution is 6.27. The molecule has 0 amide bonds. The molecule has 1 unspecified atom stereocenters. The molecule has 8 nitrogen and oxygen atoms in total. The van der Waals surface area contributed by atoms with Gasteiger partial charge in [-0.2, -0.15) is 0 Å². The van der Waals surface area contributed by atoms with E-state index in [1.165, 1.54) is 6.42 Å². The van der Waals surface area contributed by atoms with Crippen molar-refractivity contribution in [3.8, 4) is 5.75 Å². The van der Waals surface area contributed by atoms with Gasteiger partial charge in [0.05, 0.1) is 19.4 Å². The molecule has 0 aliphatic carbocycles. The molecule has 2 aliphatic rings. The van der Waals surface area contributed by atoms with Crippen molar-refractivity contribution in [1.82, 2.24) is 10.3 Å². The van der Waals surface area contributed by atoms with Crippen LogP contribution in [0.3, 0.4) is 0 Å². The van der Waals surface area contributed by atoms with E-state index in [0.717, 1.165) is 50.5 Å². The van der Waals surface area contributed by atoms with Crippen LogP contribution in [0.15, 0.2) is 24.5 Å². The Labute approximate surface area is 151 Å². The van der Waals surface area contributed by atoms with E-state index in [2.05, 4.69) is 28.5 Å². The predicted octanol–water partition coefficient (Wildman–Crippen LogP) is 1.42. The summed E-state index contributed by atoms with van der Waals surface area (Å²) < 4.78 is 11.3. The third-order valence-electron chi connectivity index (χ3n) is 4.05. The second kappa shape index (κ2) is 10.5. The van der Waals surface area contributed by atoms with Crippen LogP contribution in [0.5, 0.6) is 5.75 Å². The third-order valence-corrected chi connectivity index (χ3v) is 4.05. The van der Waals surface area contributed by atoms with Crippen LogP contribution in [0.4, 0.5) is 0 Å². The number of nitrogens with zero attached hydrogens (tertiary/aromatic N) is 1. The van der Waals surface area contributed by atoms with E-state index in [1.807, 2.05) is 6.20 Å². The molecule has 0 bridgehead atoms. The quantitative estimate of drug-likeness (QED) is 0.687. The Bertz CT molecular complexity index is 610. The number of pyridine rings is 1. The number of carboxylic acid groups (broad SMARTS) is 2. The maximum Gasteiger partial charge on any atom is 0.414 e. The van der Waals surface area contributed by atoms with Gasteiger partial charge in [-0.25, -0.2) is 9.59 Å². The molecule has 1 atom stereocenters. The molecular weight excluding hydrogens is 340 g/mol. The Hall–Kier alpha value is -2.45. The normalized spacial score (nSPS) is 20.4. The zero-order chi connectivity index (χ0) is 18.8. The summed E-state index contributed by atoms with van der Waals surface area (Å²) >= 11 is 0. The minimum absolute atomic E-state index is 0.267. The van der Waals surface area contributed by atoms with Gasteiger partial charge in [0.2, 0.25) is 0 Å². The van der Waals surface area contributed by atoms with E-state index < -0.39 is 11.9 Å². The van der Waals surface area contributed by atoms with Crippen molar-refractivity contribution in [2.24, 2.45) is 5.92 Å². The number of carbonyl (C=O) groups is 2. The first-order chi connectivity index (χ1) is 12.5. The highest BCUT2D eigenvalue weighted by Crippen LogP contribution is 2.19. The molecule has 0 aromatic carbocycles. The molecule has 3 N–H and O–H groups in total. The number of rotatable bonds is 4. The maximum absolute atomic E-state index is 9.10. The maximum atomic E-state index is 9.10. The number of nitrogens with one attached hydrogen (secondary N) is 1. The lowest BCUT2D eigenvalue weighted by molar-refractivity contribution is -0.159. The van der Waals surface area contributed by atoms with Crippen LogP contribution in [0.1, 0.15) is 24.8 Å². The molecule has 3 heterocycles. The Kier molecular flexibility index (Phi) is 8.04. The zero-order valence-electron chi connectivity index (χ0n) is 14.5. The van der Waals surface area contributed by atoms with Gasteiger partial charge in [-0.05, 0) is 30.5 Å². The minimum Gasteiger partial charge on any atom is -0.489 e. The highest BCUT2D eigenvalue weighted by Gasteiger charge is 2.15. The van der Waals surface area contributed by atoms with Gasteiger partial charge in [-0.15, -0.1) is 0 Å². The van der Waals surface area contributed by atoms with E-state index in [0.29, 0.717) is 5.92 Å². The lowest BCUT2D eigenvalue weighted by atomic mass is 10.1. The van der Waals surface area contributed by atoms with Crippen LogP contribution in [-0.4, -0.2) is 59.5 Å². The second-order valence-electron chi connectivity index (χ2n) is 6.11. The largest absolute Gasteiger partial charge is 0.489 e. The fraction of sp³-hybridized carbons (Fsp3) is 0.500. The Morgan fingerprint density at radius 1 is 1.19 bits per heavy atom. The second-order valence-corrected chi connectivity index (χ2v) is 6.11. The Morgan fingerprint density at radius 3 is 2.54 bits per heavy atom. The van der Waals surface area contributed by atoms with Crippen LogP contribution >= 0.6 is 0 Å². The summed E-state index contributed by atoms with van der Waals surface area (Å²) in [6.45, 7) is 3.81. The van der Waals surface area contributed by atoms with E-state index in [1.54, 1.807) is 6.20 Å². The van der Waals surface area contributed by atoms with Crippen molar-refractivity contribution in [2.75, 3.05) is 26.3 Å². The first kappa shape index (κ1) is 19.9. The highest BCUT2D eigenvalue weighted by atomic mass is 16.5. The summed E-state index contributed by atoms with van der Waals surface area (Å²) in [4.78, 5) is 22.5. The topological polar surface area (TPSA) is 118 Å². The van der Waals surface area contributed by atoms with E-state index in [-0.39, 0.29) is 6.10 Å². The van der Waals surface area contributed by atoms with Gasteiger partial charge in [-0.1, -0.05) is 12.2 Å². The number of hydrogen-bond acceptors (Lipinski definition) is 6. The lowest BCUT2D eigenvalue weighted by Crippen LogP contribution is -2.25. The molecule has 26 heavy (non-hydrogen) atoms. The minimum atomic E-state index is -1.82. The van der Waals surface area contributed by atoms with Crippen LogP contribution < -0.4 is 10.1 Å². The van der Waals surface area contributed by atoms with Gasteiger partial charge in [0.1, 0.15) is 11.9 Å². The molecule has 0 radical (unpaired) electrons. The van der Waals surface area contributed by atoms with Crippen molar-refractivity contribution in [1.29, 1.82) is 0 Å². The number of aliphatic carboxylic acids is 2. The fourth-order valence-electron chi connectivity index (χ4n) is 2.67.